The number of hydrogen-bond donors (Lipinski definition) is 1. The van der Waals surface area contributed by atoms with Crippen LogP contribution in [-0.4, -0.2) is 28.6 Å². The van der Waals surface area contributed by atoms with Crippen LogP contribution in [0.15, 0.2) is 58.2 Å². The fourth-order valence-electron chi connectivity index (χ4n) is 2.21. The Kier molecular flexibility index (Phi) is 5.79. The normalized spacial score (nSPS) is 14.0. The molecule has 0 unspecified atom stereocenters. The SMILES string of the molecule is C[C@H](OC[C@H](O)CSc1nc2ccccc2o1)c1ccc(Cl)cc1. The van der Waals surface area contributed by atoms with E-state index in [1.807, 2.05) is 55.5 Å². The topological polar surface area (TPSA) is 55.5 Å². The average Bonchev–Trinajstić information content (AvgIpc) is 3.01. The van der Waals surface area contributed by atoms with Crippen molar-refractivity contribution in [1.82, 2.24) is 4.98 Å². The molecule has 126 valence electrons. The fraction of sp³-hybridized carbons (Fsp3) is 0.278. The summed E-state index contributed by atoms with van der Waals surface area (Å²) < 4.78 is 11.3. The van der Waals surface area contributed by atoms with Gasteiger partial charge in [0.25, 0.3) is 5.22 Å². The van der Waals surface area contributed by atoms with E-state index >= 15 is 0 Å². The van der Waals surface area contributed by atoms with Crippen LogP contribution in [0.1, 0.15) is 18.6 Å². The number of oxazole rings is 1. The van der Waals surface area contributed by atoms with Crippen LogP contribution in [0.3, 0.4) is 0 Å². The predicted octanol–water partition coefficient (Wildman–Crippen LogP) is 4.71. The van der Waals surface area contributed by atoms with Gasteiger partial charge in [0.05, 0.1) is 18.8 Å². The first-order valence-corrected chi connectivity index (χ1v) is 9.01. The zero-order chi connectivity index (χ0) is 16.9. The highest BCUT2D eigenvalue weighted by Gasteiger charge is 2.13. The van der Waals surface area contributed by atoms with E-state index in [9.17, 15) is 5.11 Å². The third kappa shape index (κ3) is 4.51. The molecule has 24 heavy (non-hydrogen) atoms. The summed E-state index contributed by atoms with van der Waals surface area (Å²) in [5.41, 5.74) is 2.60. The number of para-hydroxylation sites is 2. The molecule has 0 bridgehead atoms. The Bertz CT molecular complexity index is 757. The van der Waals surface area contributed by atoms with E-state index in [2.05, 4.69) is 4.98 Å². The first-order valence-electron chi connectivity index (χ1n) is 7.65. The van der Waals surface area contributed by atoms with Gasteiger partial charge in [0.2, 0.25) is 0 Å². The fourth-order valence-corrected chi connectivity index (χ4v) is 3.08. The summed E-state index contributed by atoms with van der Waals surface area (Å²) in [6, 6.07) is 15.1. The molecule has 0 amide bonds. The zero-order valence-electron chi connectivity index (χ0n) is 13.2. The molecule has 0 spiro atoms. The lowest BCUT2D eigenvalue weighted by atomic mass is 10.1. The lowest BCUT2D eigenvalue weighted by Crippen LogP contribution is -2.19. The first kappa shape index (κ1) is 17.3. The predicted molar refractivity (Wildman–Crippen MR) is 96.6 cm³/mol. The van der Waals surface area contributed by atoms with Crippen LogP contribution in [0.5, 0.6) is 0 Å². The van der Waals surface area contributed by atoms with Gasteiger partial charge in [0.1, 0.15) is 5.52 Å². The van der Waals surface area contributed by atoms with E-state index in [1.54, 1.807) is 0 Å². The number of nitrogens with zero attached hydrogens (tertiary/aromatic N) is 1. The Morgan fingerprint density at radius 2 is 1.96 bits per heavy atom. The summed E-state index contributed by atoms with van der Waals surface area (Å²) in [5, 5.41) is 11.3. The van der Waals surface area contributed by atoms with Crippen molar-refractivity contribution in [2.24, 2.45) is 0 Å². The monoisotopic (exact) mass is 363 g/mol. The Labute approximate surface area is 149 Å². The molecule has 1 heterocycles. The van der Waals surface area contributed by atoms with Gasteiger partial charge in [-0.3, -0.25) is 0 Å². The first-order chi connectivity index (χ1) is 11.6. The summed E-state index contributed by atoms with van der Waals surface area (Å²) >= 11 is 7.25. The van der Waals surface area contributed by atoms with Crippen molar-refractivity contribution in [2.75, 3.05) is 12.4 Å². The lowest BCUT2D eigenvalue weighted by Gasteiger charge is -2.16. The molecular weight excluding hydrogens is 346 g/mol. The number of hydrogen-bond acceptors (Lipinski definition) is 5. The van der Waals surface area contributed by atoms with Crippen LogP contribution in [0.4, 0.5) is 0 Å². The van der Waals surface area contributed by atoms with Gasteiger partial charge in [0.15, 0.2) is 5.58 Å². The van der Waals surface area contributed by atoms with E-state index in [0.29, 0.717) is 16.0 Å². The molecule has 0 aliphatic rings. The Morgan fingerprint density at radius 3 is 2.71 bits per heavy atom. The van der Waals surface area contributed by atoms with E-state index in [4.69, 9.17) is 20.8 Å². The van der Waals surface area contributed by atoms with Crippen molar-refractivity contribution < 1.29 is 14.3 Å². The molecule has 6 heteroatoms. The molecule has 0 aliphatic carbocycles. The Hall–Kier alpha value is -1.53. The second-order valence-corrected chi connectivity index (χ2v) is 6.85. The number of fused-ring (bicyclic) bond motifs is 1. The summed E-state index contributed by atoms with van der Waals surface area (Å²) in [6.07, 6.45) is -0.703. The molecule has 0 radical (unpaired) electrons. The number of aromatic nitrogens is 1. The smallest absolute Gasteiger partial charge is 0.256 e. The van der Waals surface area contributed by atoms with E-state index in [-0.39, 0.29) is 12.7 Å². The summed E-state index contributed by atoms with van der Waals surface area (Å²) in [5.74, 6) is 0.458. The summed E-state index contributed by atoms with van der Waals surface area (Å²) in [6.45, 7) is 2.20. The third-order valence-corrected chi connectivity index (χ3v) is 4.78. The van der Waals surface area contributed by atoms with Crippen molar-refractivity contribution in [1.29, 1.82) is 0 Å². The minimum absolute atomic E-state index is 0.105. The molecule has 0 saturated heterocycles. The number of thioether (sulfide) groups is 1. The van der Waals surface area contributed by atoms with Gasteiger partial charge >= 0.3 is 0 Å². The second-order valence-electron chi connectivity index (χ2n) is 5.44. The molecule has 0 aliphatic heterocycles. The van der Waals surface area contributed by atoms with Crippen LogP contribution in [-0.2, 0) is 4.74 Å². The zero-order valence-corrected chi connectivity index (χ0v) is 14.8. The number of ether oxygens (including phenoxy) is 1. The van der Waals surface area contributed by atoms with Crippen LogP contribution in [0.2, 0.25) is 5.02 Å². The molecule has 2 atom stereocenters. The molecule has 1 aromatic heterocycles. The van der Waals surface area contributed by atoms with Crippen molar-refractivity contribution >= 4 is 34.5 Å². The summed E-state index contributed by atoms with van der Waals surface area (Å²) in [7, 11) is 0. The van der Waals surface area contributed by atoms with E-state index < -0.39 is 6.10 Å². The van der Waals surface area contributed by atoms with Gasteiger partial charge in [-0.15, -0.1) is 0 Å². The number of aliphatic hydroxyl groups excluding tert-OH is 1. The third-order valence-electron chi connectivity index (χ3n) is 3.55. The molecule has 0 fully saturated rings. The van der Waals surface area contributed by atoms with E-state index in [0.717, 1.165) is 16.7 Å². The quantitative estimate of drug-likeness (QED) is 0.616. The molecule has 3 aromatic rings. The van der Waals surface area contributed by atoms with Crippen molar-refractivity contribution in [3.05, 3.63) is 59.1 Å². The van der Waals surface area contributed by atoms with Gasteiger partial charge in [0, 0.05) is 10.8 Å². The highest BCUT2D eigenvalue weighted by atomic mass is 35.5. The van der Waals surface area contributed by atoms with Crippen LogP contribution in [0.25, 0.3) is 11.1 Å². The highest BCUT2D eigenvalue weighted by molar-refractivity contribution is 7.99. The maximum Gasteiger partial charge on any atom is 0.256 e. The lowest BCUT2D eigenvalue weighted by molar-refractivity contribution is 0.00618. The maximum absolute atomic E-state index is 10.1. The van der Waals surface area contributed by atoms with Gasteiger partial charge in [-0.25, -0.2) is 4.98 Å². The summed E-state index contributed by atoms with van der Waals surface area (Å²) in [4.78, 5) is 4.37. The van der Waals surface area contributed by atoms with Crippen LogP contribution in [0, 0.1) is 0 Å². The molecule has 1 N–H and O–H groups in total. The number of rotatable bonds is 7. The van der Waals surface area contributed by atoms with Crippen molar-refractivity contribution in [2.45, 2.75) is 24.4 Å². The number of benzene rings is 2. The minimum atomic E-state index is -0.597. The molecule has 2 aromatic carbocycles. The van der Waals surface area contributed by atoms with Crippen LogP contribution < -0.4 is 0 Å². The van der Waals surface area contributed by atoms with Gasteiger partial charge < -0.3 is 14.3 Å². The average molecular weight is 364 g/mol. The maximum atomic E-state index is 10.1. The van der Waals surface area contributed by atoms with Crippen LogP contribution >= 0.6 is 23.4 Å². The molecule has 0 saturated carbocycles. The van der Waals surface area contributed by atoms with Gasteiger partial charge in [-0.05, 0) is 36.8 Å². The largest absolute Gasteiger partial charge is 0.431 e. The highest BCUT2D eigenvalue weighted by Crippen LogP contribution is 2.24. The minimum Gasteiger partial charge on any atom is -0.431 e. The second kappa shape index (κ2) is 8.03. The molecule has 3 rings (SSSR count). The standard InChI is InChI=1S/C18H18ClNO3S/c1-12(13-6-8-14(19)9-7-13)22-10-15(21)11-24-18-20-16-4-2-3-5-17(16)23-18/h2-9,12,15,21H,10-11H2,1H3/t12-,15-/m0/s1. The van der Waals surface area contributed by atoms with Gasteiger partial charge in [-0.1, -0.05) is 47.6 Å². The van der Waals surface area contributed by atoms with E-state index in [1.165, 1.54) is 11.8 Å². The van der Waals surface area contributed by atoms with Crippen molar-refractivity contribution in [3.8, 4) is 0 Å². The van der Waals surface area contributed by atoms with Crippen molar-refractivity contribution in [3.63, 3.8) is 0 Å². The Balaban J connectivity index is 1.46. The molecular formula is C18H18ClNO3S. The van der Waals surface area contributed by atoms with Gasteiger partial charge in [-0.2, -0.15) is 0 Å². The number of halogens is 1. The number of aliphatic hydroxyl groups is 1. The molecule has 4 nitrogen and oxygen atoms in total. The Morgan fingerprint density at radius 1 is 1.21 bits per heavy atom.